The van der Waals surface area contributed by atoms with Gasteiger partial charge >= 0.3 is 0 Å². The van der Waals surface area contributed by atoms with E-state index in [2.05, 4.69) is 29.4 Å². The molecule has 0 amide bonds. The molecule has 0 radical (unpaired) electrons. The van der Waals surface area contributed by atoms with Gasteiger partial charge in [-0.2, -0.15) is 5.10 Å². The van der Waals surface area contributed by atoms with E-state index in [1.807, 2.05) is 11.4 Å². The monoisotopic (exact) mass is 318 g/mol. The Labute approximate surface area is 133 Å². The minimum Gasteiger partial charge on any atom is -0.258 e. The van der Waals surface area contributed by atoms with Crippen LogP contribution in [-0.4, -0.2) is 15.6 Å². The van der Waals surface area contributed by atoms with Gasteiger partial charge in [0.1, 0.15) is 0 Å². The van der Waals surface area contributed by atoms with Gasteiger partial charge in [-0.25, -0.2) is 4.98 Å². The maximum absolute atomic E-state index is 10.8. The summed E-state index contributed by atoms with van der Waals surface area (Å²) in [6.07, 6.45) is 2.93. The number of nitrogens with one attached hydrogen (secondary N) is 1. The number of nitrogens with zero attached hydrogens (tertiary/aromatic N) is 3. The van der Waals surface area contributed by atoms with Gasteiger partial charge in [0.15, 0.2) is 0 Å². The van der Waals surface area contributed by atoms with E-state index in [1.54, 1.807) is 6.07 Å². The van der Waals surface area contributed by atoms with Crippen LogP contribution in [-0.2, 0) is 0 Å². The fourth-order valence-electron chi connectivity index (χ4n) is 1.96. The molecule has 0 aliphatic carbocycles. The Balaban J connectivity index is 2.14. The van der Waals surface area contributed by atoms with Crippen LogP contribution >= 0.6 is 11.3 Å². The van der Waals surface area contributed by atoms with Crippen LogP contribution in [0.25, 0.3) is 11.3 Å². The topological polar surface area (TPSA) is 80.4 Å². The van der Waals surface area contributed by atoms with E-state index in [0.717, 1.165) is 30.5 Å². The summed E-state index contributed by atoms with van der Waals surface area (Å²) < 4.78 is 0. The number of rotatable bonds is 7. The molecule has 0 fully saturated rings. The van der Waals surface area contributed by atoms with Gasteiger partial charge in [-0.1, -0.05) is 32.4 Å². The molecule has 2 aromatic rings. The molecule has 0 atom stereocenters. The highest BCUT2D eigenvalue weighted by atomic mass is 32.1. The van der Waals surface area contributed by atoms with Crippen molar-refractivity contribution in [1.29, 1.82) is 0 Å². The van der Waals surface area contributed by atoms with Crippen molar-refractivity contribution in [1.82, 2.24) is 4.98 Å². The van der Waals surface area contributed by atoms with Gasteiger partial charge in [0, 0.05) is 28.8 Å². The number of non-ortho nitro benzene ring substituents is 1. The molecule has 1 N–H and O–H groups in total. The number of anilines is 1. The Kier molecular flexibility index (Phi) is 5.60. The molecular formula is C15H18N4O2S. The van der Waals surface area contributed by atoms with Gasteiger partial charge < -0.3 is 0 Å². The average molecular weight is 318 g/mol. The highest BCUT2D eigenvalue weighted by Gasteiger charge is 2.09. The van der Waals surface area contributed by atoms with Crippen molar-refractivity contribution >= 4 is 27.9 Å². The van der Waals surface area contributed by atoms with Crippen LogP contribution in [0.15, 0.2) is 34.7 Å². The van der Waals surface area contributed by atoms with Crippen molar-refractivity contribution in [2.45, 2.75) is 33.1 Å². The lowest BCUT2D eigenvalue weighted by Gasteiger charge is -2.01. The summed E-state index contributed by atoms with van der Waals surface area (Å²) in [4.78, 5) is 14.8. The SMILES string of the molecule is CCC/C(CC)=N\Nc1nc(-c2cccc([N+](=O)[O-])c2)cs1. The Hall–Kier alpha value is -2.28. The van der Waals surface area contributed by atoms with Crippen LogP contribution in [0.4, 0.5) is 10.8 Å². The molecule has 0 spiro atoms. The van der Waals surface area contributed by atoms with Crippen LogP contribution in [0.2, 0.25) is 0 Å². The molecule has 0 bridgehead atoms. The van der Waals surface area contributed by atoms with Crippen LogP contribution in [0, 0.1) is 10.1 Å². The number of nitro groups is 1. The number of hydrogen-bond donors (Lipinski definition) is 1. The lowest BCUT2D eigenvalue weighted by Crippen LogP contribution is -2.00. The first-order valence-electron chi connectivity index (χ1n) is 7.15. The summed E-state index contributed by atoms with van der Waals surface area (Å²) in [6.45, 7) is 4.20. The zero-order valence-electron chi connectivity index (χ0n) is 12.6. The minimum atomic E-state index is -0.405. The molecule has 7 heteroatoms. The Morgan fingerprint density at radius 1 is 1.45 bits per heavy atom. The minimum absolute atomic E-state index is 0.0641. The van der Waals surface area contributed by atoms with E-state index in [4.69, 9.17) is 0 Å². The van der Waals surface area contributed by atoms with Gasteiger partial charge in [-0.05, 0) is 12.8 Å². The number of nitro benzene ring substituents is 1. The summed E-state index contributed by atoms with van der Waals surface area (Å²) >= 11 is 1.43. The molecule has 0 aliphatic heterocycles. The standard InChI is InChI=1S/C15H18N4O2S/c1-3-6-12(4-2)17-18-15-16-14(10-22-15)11-7-5-8-13(9-11)19(20)21/h5,7-10H,3-4,6H2,1-2H3,(H,16,18)/b17-12-. The first-order chi connectivity index (χ1) is 10.6. The first-order valence-corrected chi connectivity index (χ1v) is 8.03. The van der Waals surface area contributed by atoms with Crippen LogP contribution in [0.1, 0.15) is 33.1 Å². The molecule has 22 heavy (non-hydrogen) atoms. The molecule has 116 valence electrons. The van der Waals surface area contributed by atoms with Gasteiger partial charge in [-0.15, -0.1) is 11.3 Å². The number of thiazole rings is 1. The second-order valence-electron chi connectivity index (χ2n) is 4.74. The summed E-state index contributed by atoms with van der Waals surface area (Å²) in [6, 6.07) is 6.46. The van der Waals surface area contributed by atoms with Gasteiger partial charge in [-0.3, -0.25) is 15.5 Å². The molecule has 1 aromatic heterocycles. The van der Waals surface area contributed by atoms with E-state index in [-0.39, 0.29) is 5.69 Å². The number of benzene rings is 1. The summed E-state index contributed by atoms with van der Waals surface area (Å²) in [5.74, 6) is 0. The Morgan fingerprint density at radius 2 is 2.27 bits per heavy atom. The largest absolute Gasteiger partial charge is 0.270 e. The van der Waals surface area contributed by atoms with E-state index in [0.29, 0.717) is 10.8 Å². The Bertz CT molecular complexity index is 682. The lowest BCUT2D eigenvalue weighted by atomic mass is 10.1. The molecule has 6 nitrogen and oxygen atoms in total. The predicted molar refractivity (Wildman–Crippen MR) is 90.5 cm³/mol. The van der Waals surface area contributed by atoms with Crippen LogP contribution in [0.3, 0.4) is 0 Å². The Morgan fingerprint density at radius 3 is 2.95 bits per heavy atom. The third-order valence-electron chi connectivity index (χ3n) is 3.11. The van der Waals surface area contributed by atoms with Gasteiger partial charge in [0.25, 0.3) is 5.69 Å². The maximum Gasteiger partial charge on any atom is 0.270 e. The van der Waals surface area contributed by atoms with Crippen molar-refractivity contribution in [3.05, 3.63) is 39.8 Å². The molecule has 0 saturated carbocycles. The van der Waals surface area contributed by atoms with Crippen molar-refractivity contribution in [2.24, 2.45) is 5.10 Å². The summed E-state index contributed by atoms with van der Waals surface area (Å²) in [5, 5.41) is 17.7. The molecule has 1 heterocycles. The summed E-state index contributed by atoms with van der Waals surface area (Å²) in [7, 11) is 0. The number of hydrogen-bond acceptors (Lipinski definition) is 6. The van der Waals surface area contributed by atoms with Crippen molar-refractivity contribution < 1.29 is 4.92 Å². The molecule has 0 saturated heterocycles. The van der Waals surface area contributed by atoms with E-state index < -0.39 is 4.92 Å². The fourth-order valence-corrected chi connectivity index (χ4v) is 2.63. The normalized spacial score (nSPS) is 11.5. The fraction of sp³-hybridized carbons (Fsp3) is 0.333. The average Bonchev–Trinajstić information content (AvgIpc) is 3.00. The highest BCUT2D eigenvalue weighted by Crippen LogP contribution is 2.27. The predicted octanol–water partition coefficient (Wildman–Crippen LogP) is 4.70. The summed E-state index contributed by atoms with van der Waals surface area (Å²) in [5.41, 5.74) is 5.58. The second-order valence-corrected chi connectivity index (χ2v) is 5.60. The molecular weight excluding hydrogens is 300 g/mol. The third kappa shape index (κ3) is 4.11. The highest BCUT2D eigenvalue weighted by molar-refractivity contribution is 7.14. The van der Waals surface area contributed by atoms with E-state index >= 15 is 0 Å². The van der Waals surface area contributed by atoms with Gasteiger partial charge in [0.05, 0.1) is 10.6 Å². The quantitative estimate of drug-likeness (QED) is 0.456. The van der Waals surface area contributed by atoms with Gasteiger partial charge in [0.2, 0.25) is 5.13 Å². The third-order valence-corrected chi connectivity index (χ3v) is 3.86. The van der Waals surface area contributed by atoms with Crippen molar-refractivity contribution in [2.75, 3.05) is 5.43 Å². The first kappa shape index (κ1) is 16.1. The molecule has 0 unspecified atom stereocenters. The number of aromatic nitrogens is 1. The van der Waals surface area contributed by atoms with Crippen LogP contribution < -0.4 is 5.43 Å². The zero-order valence-corrected chi connectivity index (χ0v) is 13.4. The molecule has 2 rings (SSSR count). The smallest absolute Gasteiger partial charge is 0.258 e. The number of hydrazone groups is 1. The second kappa shape index (κ2) is 7.65. The van der Waals surface area contributed by atoms with E-state index in [9.17, 15) is 10.1 Å². The van der Waals surface area contributed by atoms with Crippen molar-refractivity contribution in [3.63, 3.8) is 0 Å². The molecule has 0 aliphatic rings. The maximum atomic E-state index is 10.8. The zero-order chi connectivity index (χ0) is 15.9. The molecule has 1 aromatic carbocycles. The lowest BCUT2D eigenvalue weighted by molar-refractivity contribution is -0.384. The van der Waals surface area contributed by atoms with Crippen LogP contribution in [0.5, 0.6) is 0 Å². The van der Waals surface area contributed by atoms with Crippen molar-refractivity contribution in [3.8, 4) is 11.3 Å². The van der Waals surface area contributed by atoms with E-state index in [1.165, 1.54) is 23.5 Å².